The number of benzene rings is 3. The van der Waals surface area contributed by atoms with Crippen LogP contribution < -0.4 is 9.62 Å². The molecule has 0 radical (unpaired) electrons. The van der Waals surface area contributed by atoms with Crippen molar-refractivity contribution in [2.24, 2.45) is 0 Å². The van der Waals surface area contributed by atoms with Gasteiger partial charge in [0, 0.05) is 18.5 Å². The Labute approximate surface area is 239 Å². The van der Waals surface area contributed by atoms with Crippen LogP contribution in [-0.4, -0.2) is 49.5 Å². The van der Waals surface area contributed by atoms with E-state index in [1.54, 1.807) is 6.07 Å². The Hall–Kier alpha value is -3.65. The molecule has 1 N–H and O–H groups in total. The van der Waals surface area contributed by atoms with Crippen molar-refractivity contribution < 1.29 is 18.0 Å². The standard InChI is InChI=1S/C32H41N3O4S/c1-23-17-18-28(25(3)19-23)35(40(7,38)39)22-30(36)34(21-27-16-12-11-13-24(27)2)29(31(37)33-32(4,5)6)20-26-14-9-8-10-15-26/h8-19,29H,20-22H2,1-7H3,(H,33,37)/t29-/m1/s1. The van der Waals surface area contributed by atoms with Gasteiger partial charge in [0.05, 0.1) is 11.9 Å². The number of amides is 2. The van der Waals surface area contributed by atoms with Crippen LogP contribution in [0.1, 0.15) is 48.6 Å². The molecule has 0 spiro atoms. The summed E-state index contributed by atoms with van der Waals surface area (Å²) < 4.78 is 27.1. The van der Waals surface area contributed by atoms with Gasteiger partial charge in [0.15, 0.2) is 0 Å². The van der Waals surface area contributed by atoms with E-state index in [0.717, 1.165) is 38.4 Å². The van der Waals surface area contributed by atoms with Crippen molar-refractivity contribution >= 4 is 27.5 Å². The Bertz CT molecular complexity index is 1450. The van der Waals surface area contributed by atoms with E-state index in [0.29, 0.717) is 5.69 Å². The molecule has 0 aliphatic carbocycles. The van der Waals surface area contributed by atoms with Crippen molar-refractivity contribution in [1.29, 1.82) is 0 Å². The number of nitrogens with zero attached hydrogens (tertiary/aromatic N) is 2. The first-order valence-corrected chi connectivity index (χ1v) is 15.3. The first-order valence-electron chi connectivity index (χ1n) is 13.4. The van der Waals surface area contributed by atoms with Gasteiger partial charge in [-0.3, -0.25) is 13.9 Å². The molecule has 0 saturated heterocycles. The van der Waals surface area contributed by atoms with E-state index in [9.17, 15) is 18.0 Å². The van der Waals surface area contributed by atoms with Crippen LogP contribution >= 0.6 is 0 Å². The molecule has 0 saturated carbocycles. The molecule has 3 aromatic rings. The molecule has 7 nitrogen and oxygen atoms in total. The van der Waals surface area contributed by atoms with Gasteiger partial charge < -0.3 is 10.2 Å². The third-order valence-electron chi connectivity index (χ3n) is 6.67. The lowest BCUT2D eigenvalue weighted by molar-refractivity contribution is -0.140. The van der Waals surface area contributed by atoms with Gasteiger partial charge in [0.2, 0.25) is 21.8 Å². The molecule has 0 fully saturated rings. The van der Waals surface area contributed by atoms with Gasteiger partial charge in [0.1, 0.15) is 12.6 Å². The summed E-state index contributed by atoms with van der Waals surface area (Å²) in [5, 5.41) is 3.04. The highest BCUT2D eigenvalue weighted by atomic mass is 32.2. The van der Waals surface area contributed by atoms with Gasteiger partial charge in [-0.1, -0.05) is 72.3 Å². The fraction of sp³-hybridized carbons (Fsp3) is 0.375. The summed E-state index contributed by atoms with van der Waals surface area (Å²) in [5.41, 5.74) is 4.41. The lowest BCUT2D eigenvalue weighted by Gasteiger charge is -2.35. The third kappa shape index (κ3) is 8.42. The van der Waals surface area contributed by atoms with Gasteiger partial charge in [-0.15, -0.1) is 0 Å². The summed E-state index contributed by atoms with van der Waals surface area (Å²) in [7, 11) is -3.81. The highest BCUT2D eigenvalue weighted by molar-refractivity contribution is 7.92. The zero-order valence-corrected chi connectivity index (χ0v) is 25.4. The second kappa shape index (κ2) is 12.7. The summed E-state index contributed by atoms with van der Waals surface area (Å²) in [5.74, 6) is -0.755. The zero-order chi connectivity index (χ0) is 29.7. The summed E-state index contributed by atoms with van der Waals surface area (Å²) in [6.07, 6.45) is 1.38. The molecular weight excluding hydrogens is 522 g/mol. The highest BCUT2D eigenvalue weighted by Crippen LogP contribution is 2.25. The van der Waals surface area contributed by atoms with Crippen molar-refractivity contribution in [2.45, 2.75) is 66.1 Å². The van der Waals surface area contributed by atoms with E-state index in [4.69, 9.17) is 0 Å². The van der Waals surface area contributed by atoms with Gasteiger partial charge in [-0.25, -0.2) is 8.42 Å². The number of hydrogen-bond donors (Lipinski definition) is 1. The van der Waals surface area contributed by atoms with Crippen molar-refractivity contribution in [1.82, 2.24) is 10.2 Å². The highest BCUT2D eigenvalue weighted by Gasteiger charge is 2.34. The number of carbonyl (C=O) groups is 2. The Kier molecular flexibility index (Phi) is 9.79. The molecule has 40 heavy (non-hydrogen) atoms. The second-order valence-electron chi connectivity index (χ2n) is 11.5. The molecule has 3 rings (SSSR count). The van der Waals surface area contributed by atoms with Crippen LogP contribution in [0.15, 0.2) is 72.8 Å². The minimum atomic E-state index is -3.81. The lowest BCUT2D eigenvalue weighted by atomic mass is 10.00. The molecule has 214 valence electrons. The maximum absolute atomic E-state index is 14.2. The molecule has 1 atom stereocenters. The largest absolute Gasteiger partial charge is 0.350 e. The first kappa shape index (κ1) is 30.9. The number of anilines is 1. The molecule has 3 aromatic carbocycles. The number of carbonyl (C=O) groups excluding carboxylic acids is 2. The molecule has 0 unspecified atom stereocenters. The minimum absolute atomic E-state index is 0.158. The van der Waals surface area contributed by atoms with Gasteiger partial charge in [-0.2, -0.15) is 0 Å². The Morgan fingerprint density at radius 1 is 0.875 bits per heavy atom. The van der Waals surface area contributed by atoms with Crippen LogP contribution in [0, 0.1) is 20.8 Å². The fourth-order valence-electron chi connectivity index (χ4n) is 4.66. The Morgan fingerprint density at radius 3 is 2.08 bits per heavy atom. The van der Waals surface area contributed by atoms with E-state index in [1.807, 2.05) is 108 Å². The average molecular weight is 564 g/mol. The van der Waals surface area contributed by atoms with Gasteiger partial charge in [-0.05, 0) is 69.9 Å². The van der Waals surface area contributed by atoms with E-state index >= 15 is 0 Å². The predicted octanol–water partition coefficient (Wildman–Crippen LogP) is 4.93. The second-order valence-corrected chi connectivity index (χ2v) is 13.4. The maximum Gasteiger partial charge on any atom is 0.244 e. The SMILES string of the molecule is Cc1ccc(N(CC(=O)N(Cc2ccccc2C)[C@H](Cc2ccccc2)C(=O)NC(C)(C)C)S(C)(=O)=O)c(C)c1. The van der Waals surface area contributed by atoms with Crippen LogP contribution in [0.4, 0.5) is 5.69 Å². The molecule has 0 heterocycles. The van der Waals surface area contributed by atoms with Crippen molar-refractivity contribution in [3.63, 3.8) is 0 Å². The number of aryl methyl sites for hydroxylation is 3. The van der Waals surface area contributed by atoms with Crippen molar-refractivity contribution in [2.75, 3.05) is 17.1 Å². The fourth-order valence-corrected chi connectivity index (χ4v) is 5.56. The smallest absolute Gasteiger partial charge is 0.244 e. The van der Waals surface area contributed by atoms with Crippen LogP contribution in [0.25, 0.3) is 0 Å². The molecule has 0 aliphatic rings. The topological polar surface area (TPSA) is 86.8 Å². The molecular formula is C32H41N3O4S. The van der Waals surface area contributed by atoms with E-state index in [1.165, 1.54) is 4.90 Å². The summed E-state index contributed by atoms with van der Waals surface area (Å²) in [6.45, 7) is 11.1. The summed E-state index contributed by atoms with van der Waals surface area (Å²) >= 11 is 0. The predicted molar refractivity (Wildman–Crippen MR) is 162 cm³/mol. The molecule has 0 aromatic heterocycles. The molecule has 2 amide bonds. The van der Waals surface area contributed by atoms with Crippen LogP contribution in [0.5, 0.6) is 0 Å². The Morgan fingerprint density at radius 2 is 1.50 bits per heavy atom. The van der Waals surface area contributed by atoms with Gasteiger partial charge >= 0.3 is 0 Å². The molecule has 0 bridgehead atoms. The van der Waals surface area contributed by atoms with E-state index in [-0.39, 0.29) is 18.9 Å². The monoisotopic (exact) mass is 563 g/mol. The molecule has 8 heteroatoms. The first-order chi connectivity index (χ1) is 18.7. The van der Waals surface area contributed by atoms with Crippen molar-refractivity contribution in [3.8, 4) is 0 Å². The van der Waals surface area contributed by atoms with E-state index < -0.39 is 34.1 Å². The minimum Gasteiger partial charge on any atom is -0.350 e. The van der Waals surface area contributed by atoms with Crippen LogP contribution in [-0.2, 0) is 32.6 Å². The average Bonchev–Trinajstić information content (AvgIpc) is 2.85. The summed E-state index contributed by atoms with van der Waals surface area (Å²) in [4.78, 5) is 29.5. The number of sulfonamides is 1. The van der Waals surface area contributed by atoms with Crippen LogP contribution in [0.2, 0.25) is 0 Å². The third-order valence-corrected chi connectivity index (χ3v) is 7.80. The Balaban J connectivity index is 2.10. The van der Waals surface area contributed by atoms with E-state index in [2.05, 4.69) is 5.32 Å². The number of nitrogens with one attached hydrogen (secondary N) is 1. The summed E-state index contributed by atoms with van der Waals surface area (Å²) in [6, 6.07) is 21.8. The van der Waals surface area contributed by atoms with Crippen molar-refractivity contribution in [3.05, 3.63) is 101 Å². The zero-order valence-electron chi connectivity index (χ0n) is 24.6. The number of rotatable bonds is 10. The number of hydrogen-bond acceptors (Lipinski definition) is 4. The normalized spacial score (nSPS) is 12.5. The quantitative estimate of drug-likeness (QED) is 0.379. The lowest BCUT2D eigenvalue weighted by Crippen LogP contribution is -2.56. The van der Waals surface area contributed by atoms with Gasteiger partial charge in [0.25, 0.3) is 0 Å². The molecule has 0 aliphatic heterocycles. The van der Waals surface area contributed by atoms with Crippen LogP contribution in [0.3, 0.4) is 0 Å². The maximum atomic E-state index is 14.2.